The molecule has 0 N–H and O–H groups in total. The van der Waals surface area contributed by atoms with Crippen LogP contribution in [0.4, 0.5) is 8.78 Å². The van der Waals surface area contributed by atoms with Gasteiger partial charge in [0.15, 0.2) is 24.2 Å². The van der Waals surface area contributed by atoms with Gasteiger partial charge in [0, 0.05) is 12.7 Å². The quantitative estimate of drug-likeness (QED) is 0.461. The summed E-state index contributed by atoms with van der Waals surface area (Å²) in [5.41, 5.74) is -0.253. The van der Waals surface area contributed by atoms with Gasteiger partial charge in [-0.1, -0.05) is 12.1 Å². The number of methoxy groups -OCH3 is 2. The number of ketones is 1. The zero-order valence-corrected chi connectivity index (χ0v) is 13.0. The summed E-state index contributed by atoms with van der Waals surface area (Å²) in [7, 11) is 2.58. The van der Waals surface area contributed by atoms with E-state index in [1.807, 2.05) is 0 Å². The third kappa shape index (κ3) is 3.57. The van der Waals surface area contributed by atoms with E-state index in [-0.39, 0.29) is 23.7 Å². The van der Waals surface area contributed by atoms with E-state index in [4.69, 9.17) is 9.47 Å². The minimum absolute atomic E-state index is 0.0643. The van der Waals surface area contributed by atoms with Gasteiger partial charge in [0.05, 0.1) is 12.7 Å². The Kier molecular flexibility index (Phi) is 5.59. The Labute approximate surface area is 136 Å². The number of hydrogen-bond donors (Lipinski definition) is 0. The van der Waals surface area contributed by atoms with Gasteiger partial charge in [-0.3, -0.25) is 4.79 Å². The van der Waals surface area contributed by atoms with Crippen LogP contribution in [0, 0.1) is 11.6 Å². The number of hydrogen-bond acceptors (Lipinski definition) is 5. The zero-order valence-electron chi connectivity index (χ0n) is 13.0. The van der Waals surface area contributed by atoms with E-state index < -0.39 is 29.0 Å². The van der Waals surface area contributed by atoms with Crippen LogP contribution in [0.15, 0.2) is 36.4 Å². The van der Waals surface area contributed by atoms with Gasteiger partial charge < -0.3 is 14.2 Å². The lowest BCUT2D eigenvalue weighted by Gasteiger charge is -2.11. The molecule has 2 aromatic carbocycles. The van der Waals surface area contributed by atoms with Gasteiger partial charge in [0.25, 0.3) is 0 Å². The maximum absolute atomic E-state index is 14.1. The molecule has 0 spiro atoms. The van der Waals surface area contributed by atoms with Gasteiger partial charge in [-0.25, -0.2) is 13.6 Å². The Balaban J connectivity index is 2.41. The summed E-state index contributed by atoms with van der Waals surface area (Å²) in [5.74, 6) is -3.98. The van der Waals surface area contributed by atoms with Crippen LogP contribution in [0.3, 0.4) is 0 Å². The first-order valence-corrected chi connectivity index (χ1v) is 6.82. The van der Waals surface area contributed by atoms with E-state index in [1.54, 1.807) is 0 Å². The van der Waals surface area contributed by atoms with Crippen LogP contribution in [0.2, 0.25) is 0 Å². The molecule has 0 aromatic heterocycles. The van der Waals surface area contributed by atoms with Crippen molar-refractivity contribution in [3.05, 3.63) is 64.7 Å². The Morgan fingerprint density at radius 3 is 2.17 bits per heavy atom. The number of ether oxygens (including phenoxy) is 3. The Morgan fingerprint density at radius 2 is 1.58 bits per heavy atom. The molecule has 0 amide bonds. The van der Waals surface area contributed by atoms with Crippen LogP contribution < -0.4 is 4.74 Å². The molecule has 126 valence electrons. The van der Waals surface area contributed by atoms with E-state index in [2.05, 4.69) is 4.74 Å². The summed E-state index contributed by atoms with van der Waals surface area (Å²) in [5, 5.41) is 0. The third-order valence-electron chi connectivity index (χ3n) is 3.18. The topological polar surface area (TPSA) is 61.8 Å². The summed E-state index contributed by atoms with van der Waals surface area (Å²) < 4.78 is 42.0. The fourth-order valence-electron chi connectivity index (χ4n) is 2.01. The Bertz CT molecular complexity index is 756. The molecular weight excluding hydrogens is 322 g/mol. The molecule has 0 atom stereocenters. The van der Waals surface area contributed by atoms with Crippen molar-refractivity contribution in [1.82, 2.24) is 0 Å². The first kappa shape index (κ1) is 17.6. The molecule has 2 aromatic rings. The van der Waals surface area contributed by atoms with Gasteiger partial charge in [-0.15, -0.1) is 0 Å². The van der Waals surface area contributed by atoms with E-state index in [0.29, 0.717) is 0 Å². The van der Waals surface area contributed by atoms with E-state index in [0.717, 1.165) is 12.1 Å². The van der Waals surface area contributed by atoms with Crippen molar-refractivity contribution >= 4 is 11.8 Å². The molecule has 24 heavy (non-hydrogen) atoms. The highest BCUT2D eigenvalue weighted by atomic mass is 19.2. The predicted octanol–water partition coefficient (Wildman–Crippen LogP) is 2.97. The SMILES string of the molecule is COCOc1ccc(F)c(F)c1C(=O)c1ccc(C(=O)OC)cc1. The van der Waals surface area contributed by atoms with Gasteiger partial charge in [0.1, 0.15) is 11.3 Å². The van der Waals surface area contributed by atoms with Crippen molar-refractivity contribution < 1.29 is 32.6 Å². The van der Waals surface area contributed by atoms with Gasteiger partial charge in [-0.05, 0) is 24.3 Å². The molecule has 7 heteroatoms. The molecule has 0 aliphatic rings. The van der Waals surface area contributed by atoms with Crippen LogP contribution in [0.1, 0.15) is 26.3 Å². The lowest BCUT2D eigenvalue weighted by molar-refractivity contribution is 0.0499. The Hall–Kier alpha value is -2.80. The highest BCUT2D eigenvalue weighted by Crippen LogP contribution is 2.27. The van der Waals surface area contributed by atoms with Crippen molar-refractivity contribution in [3.8, 4) is 5.75 Å². The first-order valence-electron chi connectivity index (χ1n) is 6.82. The molecule has 0 radical (unpaired) electrons. The smallest absolute Gasteiger partial charge is 0.337 e. The normalized spacial score (nSPS) is 10.3. The molecule has 2 rings (SSSR count). The average Bonchev–Trinajstić information content (AvgIpc) is 2.61. The minimum Gasteiger partial charge on any atom is -0.467 e. The fourth-order valence-corrected chi connectivity index (χ4v) is 2.01. The van der Waals surface area contributed by atoms with Crippen molar-refractivity contribution in [2.75, 3.05) is 21.0 Å². The lowest BCUT2D eigenvalue weighted by Crippen LogP contribution is -2.11. The van der Waals surface area contributed by atoms with E-state index in [1.165, 1.54) is 38.5 Å². The van der Waals surface area contributed by atoms with Crippen molar-refractivity contribution in [2.45, 2.75) is 0 Å². The highest BCUT2D eigenvalue weighted by Gasteiger charge is 2.23. The van der Waals surface area contributed by atoms with Crippen molar-refractivity contribution in [3.63, 3.8) is 0 Å². The number of carbonyl (C=O) groups excluding carboxylic acids is 2. The predicted molar refractivity (Wildman–Crippen MR) is 80.1 cm³/mol. The summed E-state index contributed by atoms with van der Waals surface area (Å²) >= 11 is 0. The largest absolute Gasteiger partial charge is 0.467 e. The maximum Gasteiger partial charge on any atom is 0.337 e. The van der Waals surface area contributed by atoms with Gasteiger partial charge in [-0.2, -0.15) is 0 Å². The number of rotatable bonds is 6. The summed E-state index contributed by atoms with van der Waals surface area (Å²) in [6.45, 7) is -0.230. The van der Waals surface area contributed by atoms with E-state index >= 15 is 0 Å². The molecule has 0 aliphatic heterocycles. The summed E-state index contributed by atoms with van der Waals surface area (Å²) in [6.07, 6.45) is 0. The number of halogens is 2. The van der Waals surface area contributed by atoms with Crippen LogP contribution in [-0.4, -0.2) is 32.8 Å². The molecule has 0 fully saturated rings. The molecule has 0 unspecified atom stereocenters. The Morgan fingerprint density at radius 1 is 0.958 bits per heavy atom. The molecule has 5 nitrogen and oxygen atoms in total. The second kappa shape index (κ2) is 7.65. The monoisotopic (exact) mass is 336 g/mol. The zero-order chi connectivity index (χ0) is 17.7. The fraction of sp³-hybridized carbons (Fsp3) is 0.176. The molecule has 0 bridgehead atoms. The number of carbonyl (C=O) groups is 2. The first-order chi connectivity index (χ1) is 11.5. The standard InChI is InChI=1S/C17H14F2O5/c1-22-9-24-13-8-7-12(18)15(19)14(13)16(20)10-3-5-11(6-4-10)17(21)23-2/h3-8H,9H2,1-2H3. The van der Waals surface area contributed by atoms with Gasteiger partial charge >= 0.3 is 5.97 Å². The third-order valence-corrected chi connectivity index (χ3v) is 3.18. The average molecular weight is 336 g/mol. The minimum atomic E-state index is -1.31. The lowest BCUT2D eigenvalue weighted by atomic mass is 10.0. The van der Waals surface area contributed by atoms with Crippen LogP contribution in [-0.2, 0) is 9.47 Å². The van der Waals surface area contributed by atoms with Crippen molar-refractivity contribution in [2.24, 2.45) is 0 Å². The van der Waals surface area contributed by atoms with Gasteiger partial charge in [0.2, 0.25) is 0 Å². The molecule has 0 heterocycles. The summed E-state index contributed by atoms with van der Waals surface area (Å²) in [4.78, 5) is 23.9. The molecule has 0 aliphatic carbocycles. The highest BCUT2D eigenvalue weighted by molar-refractivity contribution is 6.11. The molecule has 0 saturated heterocycles. The van der Waals surface area contributed by atoms with Crippen molar-refractivity contribution in [1.29, 1.82) is 0 Å². The van der Waals surface area contributed by atoms with Crippen LogP contribution >= 0.6 is 0 Å². The second-order valence-corrected chi connectivity index (χ2v) is 4.68. The van der Waals surface area contributed by atoms with E-state index in [9.17, 15) is 18.4 Å². The molecule has 0 saturated carbocycles. The number of esters is 1. The van der Waals surface area contributed by atoms with Crippen LogP contribution in [0.5, 0.6) is 5.75 Å². The second-order valence-electron chi connectivity index (χ2n) is 4.68. The maximum atomic E-state index is 14.1. The summed E-state index contributed by atoms with van der Waals surface area (Å²) in [6, 6.07) is 7.35. The van der Waals surface area contributed by atoms with Crippen LogP contribution in [0.25, 0.3) is 0 Å². The molecular formula is C17H14F2O5. The number of benzene rings is 2.